The van der Waals surface area contributed by atoms with Crippen LogP contribution in [0.25, 0.3) is 0 Å². The fraction of sp³-hybridized carbons (Fsp3) is 0.455. The Balaban J connectivity index is 2.17. The minimum Gasteiger partial charge on any atom is -0.429 e. The van der Waals surface area contributed by atoms with Gasteiger partial charge in [0.25, 0.3) is 0 Å². The Labute approximate surface area is 257 Å². The Bertz CT molecular complexity index is 1430. The number of sulfone groups is 1. The first-order valence-electron chi connectivity index (χ1n) is 11.5. The quantitative estimate of drug-likeness (QED) is 0.179. The van der Waals surface area contributed by atoms with Gasteiger partial charge in [0.05, 0.1) is 9.79 Å². The van der Waals surface area contributed by atoms with Crippen molar-refractivity contribution in [3.05, 3.63) is 48.5 Å². The van der Waals surface area contributed by atoms with E-state index in [0.717, 1.165) is 0 Å². The topological polar surface area (TPSA) is 71.1 Å². The third-order valence-corrected chi connectivity index (χ3v) is 7.04. The van der Waals surface area contributed by atoms with Crippen LogP contribution < -0.4 is 9.47 Å². The number of rotatable bonds is 14. The Morgan fingerprint density at radius 1 is 0.449 bits per heavy atom. The molecule has 0 aliphatic carbocycles. The summed E-state index contributed by atoms with van der Waals surface area (Å²) in [7, 11) is -4.86. The summed E-state index contributed by atoms with van der Waals surface area (Å²) in [6, 6.07) is 2.20. The highest BCUT2D eigenvalue weighted by atomic mass is 32.2. The molecular formula is C22H10F20O6S. The summed E-state index contributed by atoms with van der Waals surface area (Å²) in [6.45, 7) is 0. The van der Waals surface area contributed by atoms with E-state index in [4.69, 9.17) is 0 Å². The summed E-state index contributed by atoms with van der Waals surface area (Å²) < 4.78 is 295. The molecule has 27 heteroatoms. The lowest BCUT2D eigenvalue weighted by Gasteiger charge is -2.30. The molecule has 0 aliphatic rings. The molecule has 0 heterocycles. The van der Waals surface area contributed by atoms with Crippen molar-refractivity contribution in [3.63, 3.8) is 0 Å². The van der Waals surface area contributed by atoms with Crippen LogP contribution in [0.5, 0.6) is 11.5 Å². The lowest BCUT2D eigenvalue weighted by Crippen LogP contribution is -2.56. The Morgan fingerprint density at radius 3 is 0.918 bits per heavy atom. The highest BCUT2D eigenvalue weighted by molar-refractivity contribution is 7.91. The molecule has 0 aromatic heterocycles. The lowest BCUT2D eigenvalue weighted by atomic mass is 10.3. The second-order valence-corrected chi connectivity index (χ2v) is 10.8. The Morgan fingerprint density at radius 2 is 0.694 bits per heavy atom. The number of halogens is 20. The number of hydrogen-bond donors (Lipinski definition) is 0. The predicted octanol–water partition coefficient (Wildman–Crippen LogP) is 8.67. The maximum absolute atomic E-state index is 13.8. The molecule has 0 amide bonds. The van der Waals surface area contributed by atoms with E-state index in [1.54, 1.807) is 0 Å². The lowest BCUT2D eigenvalue weighted by molar-refractivity contribution is -0.460. The maximum atomic E-state index is 13.8. The molecule has 0 bridgehead atoms. The van der Waals surface area contributed by atoms with Gasteiger partial charge in [-0.05, 0) is 48.5 Å². The monoisotopic (exact) mass is 782 g/mol. The molecule has 0 spiro atoms. The molecule has 0 saturated heterocycles. The molecule has 0 aliphatic heterocycles. The Hall–Kier alpha value is -3.49. The van der Waals surface area contributed by atoms with E-state index in [0.29, 0.717) is 24.3 Å². The molecule has 0 N–H and O–H groups in total. The fourth-order valence-corrected chi connectivity index (χ4v) is 4.05. The van der Waals surface area contributed by atoms with Crippen LogP contribution in [0.3, 0.4) is 0 Å². The highest BCUT2D eigenvalue weighted by Crippen LogP contribution is 2.50. The van der Waals surface area contributed by atoms with Gasteiger partial charge in [0, 0.05) is 0 Å². The van der Waals surface area contributed by atoms with Crippen LogP contribution in [0, 0.1) is 0 Å². The maximum Gasteiger partial charge on any atom is 0.462 e. The van der Waals surface area contributed by atoms with Gasteiger partial charge >= 0.3 is 61.3 Å². The van der Waals surface area contributed by atoms with Gasteiger partial charge in [-0.3, -0.25) is 9.47 Å². The predicted molar refractivity (Wildman–Crippen MR) is 113 cm³/mol. The minimum absolute atomic E-state index is 0.216. The molecular weight excluding hydrogens is 772 g/mol. The molecule has 2 rings (SSSR count). The largest absolute Gasteiger partial charge is 0.462 e. The molecule has 280 valence electrons. The van der Waals surface area contributed by atoms with Gasteiger partial charge < -0.3 is 9.47 Å². The van der Waals surface area contributed by atoms with E-state index >= 15 is 0 Å². The summed E-state index contributed by atoms with van der Waals surface area (Å²) in [6.07, 6.45) is -49.4. The van der Waals surface area contributed by atoms with Crippen LogP contribution in [-0.4, -0.2) is 69.8 Å². The van der Waals surface area contributed by atoms with Crippen molar-refractivity contribution in [2.45, 2.75) is 71.1 Å². The molecule has 0 fully saturated rings. The molecule has 49 heavy (non-hydrogen) atoms. The van der Waals surface area contributed by atoms with Crippen molar-refractivity contribution in [1.29, 1.82) is 0 Å². The SMILES string of the molecule is O=S(=O)(c1ccc(OC(F)(F)C(F)OC(F)(F)C(F)(F)C(F)(F)F)cc1)c1ccc(OC(F)(F)C(F)OC(F)(F)C(F)(F)C(F)(F)F)cc1. The van der Waals surface area contributed by atoms with Gasteiger partial charge in [0.15, 0.2) is 0 Å². The van der Waals surface area contributed by atoms with E-state index < -0.39 is 92.5 Å². The van der Waals surface area contributed by atoms with Gasteiger partial charge in [0.1, 0.15) is 11.5 Å². The average molecular weight is 782 g/mol. The fourth-order valence-electron chi connectivity index (χ4n) is 2.79. The first-order valence-corrected chi connectivity index (χ1v) is 13.0. The standard InChI is InChI=1S/C22H10F20O6S/c23-13(47-21(39,40)17(29,30)19(33,34)35)15(25,26)45-9-1-5-11(6-2-9)49(43,44)12-7-3-10(4-8-12)46-16(27,28)14(24)48-22(41,42)18(31,32)20(36,37)38/h1-8,13-14H. The number of ether oxygens (including phenoxy) is 4. The van der Waals surface area contributed by atoms with Crippen molar-refractivity contribution in [2.24, 2.45) is 0 Å². The zero-order chi connectivity index (χ0) is 38.4. The van der Waals surface area contributed by atoms with E-state index in [1.807, 2.05) is 0 Å². The summed E-state index contributed by atoms with van der Waals surface area (Å²) >= 11 is 0. The van der Waals surface area contributed by atoms with E-state index in [9.17, 15) is 96.2 Å². The molecule has 0 saturated carbocycles. The zero-order valence-corrected chi connectivity index (χ0v) is 23.0. The molecule has 2 unspecified atom stereocenters. The van der Waals surface area contributed by atoms with Gasteiger partial charge in [-0.15, -0.1) is 0 Å². The van der Waals surface area contributed by atoms with Crippen molar-refractivity contribution >= 4 is 9.84 Å². The van der Waals surface area contributed by atoms with Crippen molar-refractivity contribution in [3.8, 4) is 11.5 Å². The van der Waals surface area contributed by atoms with Crippen LogP contribution in [0.1, 0.15) is 0 Å². The normalized spacial score (nSPS) is 15.9. The summed E-state index contributed by atoms with van der Waals surface area (Å²) in [5.74, 6) is -17.0. The van der Waals surface area contributed by atoms with Crippen LogP contribution in [-0.2, 0) is 19.3 Å². The van der Waals surface area contributed by atoms with Gasteiger partial charge in [-0.25, -0.2) is 17.2 Å². The molecule has 2 atom stereocenters. The first-order chi connectivity index (χ1) is 21.6. The summed E-state index contributed by atoms with van der Waals surface area (Å²) in [5.41, 5.74) is 0. The van der Waals surface area contributed by atoms with Gasteiger partial charge in [-0.1, -0.05) is 0 Å². The average Bonchev–Trinajstić information content (AvgIpc) is 2.91. The smallest absolute Gasteiger partial charge is 0.429 e. The van der Waals surface area contributed by atoms with Gasteiger partial charge in [0.2, 0.25) is 9.84 Å². The molecule has 0 radical (unpaired) electrons. The van der Waals surface area contributed by atoms with E-state index in [-0.39, 0.29) is 24.3 Å². The highest BCUT2D eigenvalue weighted by Gasteiger charge is 2.77. The van der Waals surface area contributed by atoms with Crippen molar-refractivity contribution in [1.82, 2.24) is 0 Å². The van der Waals surface area contributed by atoms with E-state index in [2.05, 4.69) is 18.9 Å². The third-order valence-electron chi connectivity index (χ3n) is 5.25. The van der Waals surface area contributed by atoms with Crippen LogP contribution >= 0.6 is 0 Å². The number of alkyl halides is 20. The molecule has 2 aromatic carbocycles. The zero-order valence-electron chi connectivity index (χ0n) is 22.2. The number of benzene rings is 2. The Kier molecular flexibility index (Phi) is 11.1. The van der Waals surface area contributed by atoms with E-state index in [1.165, 1.54) is 0 Å². The summed E-state index contributed by atoms with van der Waals surface area (Å²) in [5, 5.41) is 0. The molecule has 2 aromatic rings. The van der Waals surface area contributed by atoms with Crippen LogP contribution in [0.2, 0.25) is 0 Å². The minimum atomic E-state index is -7.16. The second kappa shape index (κ2) is 13.0. The first kappa shape index (κ1) is 41.7. The van der Waals surface area contributed by atoms with Crippen LogP contribution in [0.15, 0.2) is 58.3 Å². The van der Waals surface area contributed by atoms with Crippen LogP contribution in [0.4, 0.5) is 87.8 Å². The van der Waals surface area contributed by atoms with Gasteiger partial charge in [-0.2, -0.15) is 79.0 Å². The molecule has 6 nitrogen and oxygen atoms in total. The van der Waals surface area contributed by atoms with Crippen molar-refractivity contribution < 1.29 is 115 Å². The summed E-state index contributed by atoms with van der Waals surface area (Å²) in [4.78, 5) is -1.90. The van der Waals surface area contributed by atoms with Crippen molar-refractivity contribution in [2.75, 3.05) is 0 Å². The third kappa shape index (κ3) is 8.64. The number of hydrogen-bond acceptors (Lipinski definition) is 6. The second-order valence-electron chi connectivity index (χ2n) is 8.82.